The summed E-state index contributed by atoms with van der Waals surface area (Å²) < 4.78 is 0. The Labute approximate surface area is 154 Å². The number of fused-ring (bicyclic) bond motifs is 2. The van der Waals surface area contributed by atoms with Crippen molar-refractivity contribution in [2.24, 2.45) is 4.99 Å². The summed E-state index contributed by atoms with van der Waals surface area (Å²) in [6.07, 6.45) is 8.55. The lowest BCUT2D eigenvalue weighted by molar-refractivity contribution is 1.19. The van der Waals surface area contributed by atoms with Gasteiger partial charge < -0.3 is 0 Å². The molecule has 5 rings (SSSR count). The molecule has 26 heavy (non-hydrogen) atoms. The van der Waals surface area contributed by atoms with Crippen LogP contribution in [0.25, 0.3) is 17.2 Å². The van der Waals surface area contributed by atoms with Crippen molar-refractivity contribution in [3.8, 4) is 11.1 Å². The van der Waals surface area contributed by atoms with E-state index in [0.717, 1.165) is 0 Å². The summed E-state index contributed by atoms with van der Waals surface area (Å²) in [6.45, 7) is 6.56. The van der Waals surface area contributed by atoms with Gasteiger partial charge in [0, 0.05) is 23.6 Å². The van der Waals surface area contributed by atoms with Crippen LogP contribution in [0.5, 0.6) is 0 Å². The van der Waals surface area contributed by atoms with Gasteiger partial charge in [-0.15, -0.1) is 0 Å². The van der Waals surface area contributed by atoms with Crippen molar-refractivity contribution >= 4 is 12.3 Å². The summed E-state index contributed by atoms with van der Waals surface area (Å²) in [5.41, 5.74) is 13.0. The zero-order valence-corrected chi connectivity index (χ0v) is 15.3. The molecule has 0 unspecified atom stereocenters. The first kappa shape index (κ1) is 15.3. The number of aryl methyl sites for hydroxylation is 1. The van der Waals surface area contributed by atoms with Crippen molar-refractivity contribution in [1.82, 2.24) is 0 Å². The van der Waals surface area contributed by atoms with Gasteiger partial charge in [-0.05, 0) is 60.2 Å². The summed E-state index contributed by atoms with van der Waals surface area (Å²) in [7, 11) is 0. The molecule has 1 nitrogen and oxygen atoms in total. The van der Waals surface area contributed by atoms with E-state index in [4.69, 9.17) is 0 Å². The van der Waals surface area contributed by atoms with Crippen LogP contribution < -0.4 is 0 Å². The third-order valence-corrected chi connectivity index (χ3v) is 5.51. The van der Waals surface area contributed by atoms with Crippen LogP contribution in [0.15, 0.2) is 87.6 Å². The van der Waals surface area contributed by atoms with E-state index in [1.807, 2.05) is 12.4 Å². The van der Waals surface area contributed by atoms with Crippen LogP contribution in [0.4, 0.5) is 0 Å². The highest BCUT2D eigenvalue weighted by molar-refractivity contribution is 5.97. The van der Waals surface area contributed by atoms with E-state index < -0.39 is 0 Å². The zero-order valence-electron chi connectivity index (χ0n) is 15.3. The Morgan fingerprint density at radius 2 is 1.58 bits per heavy atom. The molecular formula is C25H20N. The summed E-state index contributed by atoms with van der Waals surface area (Å²) in [4.78, 5) is 4.36. The van der Waals surface area contributed by atoms with Gasteiger partial charge in [-0.2, -0.15) is 0 Å². The average Bonchev–Trinajstić information content (AvgIpc) is 3.28. The fourth-order valence-electron chi connectivity index (χ4n) is 4.27. The lowest BCUT2D eigenvalue weighted by atomic mass is 9.83. The molecule has 0 aromatic heterocycles. The maximum absolute atomic E-state index is 4.36. The molecule has 1 aliphatic heterocycles. The molecule has 0 spiro atoms. The lowest BCUT2D eigenvalue weighted by Gasteiger charge is -2.19. The van der Waals surface area contributed by atoms with Crippen LogP contribution in [-0.2, 0) is 0 Å². The number of rotatable bonds is 2. The fourth-order valence-corrected chi connectivity index (χ4v) is 4.27. The normalized spacial score (nSPS) is 18.0. The van der Waals surface area contributed by atoms with Crippen LogP contribution in [0.2, 0.25) is 0 Å². The number of aliphatic imine (C=N–C) groups is 1. The monoisotopic (exact) mass is 334 g/mol. The van der Waals surface area contributed by atoms with E-state index in [0.29, 0.717) is 0 Å². The maximum Gasteiger partial charge on any atom is 0.0602 e. The Morgan fingerprint density at radius 3 is 2.38 bits per heavy atom. The van der Waals surface area contributed by atoms with Gasteiger partial charge in [-0.25, -0.2) is 0 Å². The molecule has 0 bridgehead atoms. The Morgan fingerprint density at radius 1 is 0.808 bits per heavy atom. The van der Waals surface area contributed by atoms with Crippen LogP contribution in [0, 0.1) is 12.8 Å². The van der Waals surface area contributed by atoms with Crippen molar-refractivity contribution < 1.29 is 0 Å². The van der Waals surface area contributed by atoms with E-state index in [9.17, 15) is 0 Å². The SMILES string of the molecule is CC1=Cc2c(cccc2-c2ccc(C)cc2)[C]1C1=C(C)C=C2C=NC=C21. The van der Waals surface area contributed by atoms with Gasteiger partial charge in [-0.3, -0.25) is 4.99 Å². The van der Waals surface area contributed by atoms with Crippen molar-refractivity contribution in [1.29, 1.82) is 0 Å². The molecule has 0 fully saturated rings. The third-order valence-electron chi connectivity index (χ3n) is 5.51. The van der Waals surface area contributed by atoms with E-state index in [2.05, 4.69) is 80.4 Å². The number of benzene rings is 2. The molecule has 1 heterocycles. The third kappa shape index (κ3) is 2.13. The molecule has 1 radical (unpaired) electrons. The van der Waals surface area contributed by atoms with Crippen molar-refractivity contribution in [2.75, 3.05) is 0 Å². The van der Waals surface area contributed by atoms with Crippen molar-refractivity contribution in [2.45, 2.75) is 20.8 Å². The van der Waals surface area contributed by atoms with E-state index >= 15 is 0 Å². The van der Waals surface area contributed by atoms with E-state index in [-0.39, 0.29) is 0 Å². The van der Waals surface area contributed by atoms with Gasteiger partial charge in [0.25, 0.3) is 0 Å². The molecule has 3 aliphatic rings. The van der Waals surface area contributed by atoms with Gasteiger partial charge in [0.15, 0.2) is 0 Å². The summed E-state index contributed by atoms with van der Waals surface area (Å²) in [6, 6.07) is 15.5. The summed E-state index contributed by atoms with van der Waals surface area (Å²) in [5, 5.41) is 0. The highest BCUT2D eigenvalue weighted by Crippen LogP contribution is 2.50. The number of nitrogens with zero attached hydrogens (tertiary/aromatic N) is 1. The smallest absolute Gasteiger partial charge is 0.0602 e. The maximum atomic E-state index is 4.36. The predicted molar refractivity (Wildman–Crippen MR) is 110 cm³/mol. The summed E-state index contributed by atoms with van der Waals surface area (Å²) >= 11 is 0. The first-order chi connectivity index (χ1) is 12.6. The Hall–Kier alpha value is -2.93. The average molecular weight is 334 g/mol. The first-order valence-electron chi connectivity index (χ1n) is 9.06. The predicted octanol–water partition coefficient (Wildman–Crippen LogP) is 6.23. The second-order valence-electron chi connectivity index (χ2n) is 7.31. The zero-order chi connectivity index (χ0) is 17.8. The quantitative estimate of drug-likeness (QED) is 0.617. The number of hydrogen-bond acceptors (Lipinski definition) is 1. The highest BCUT2D eigenvalue weighted by Gasteiger charge is 2.34. The van der Waals surface area contributed by atoms with E-state index in [1.165, 1.54) is 61.6 Å². The molecule has 1 heteroatoms. The van der Waals surface area contributed by atoms with Crippen LogP contribution >= 0.6 is 0 Å². The topological polar surface area (TPSA) is 12.4 Å². The van der Waals surface area contributed by atoms with Gasteiger partial charge >= 0.3 is 0 Å². The number of allylic oxidation sites excluding steroid dienone is 6. The molecule has 2 aliphatic carbocycles. The largest absolute Gasteiger partial charge is 0.263 e. The second kappa shape index (κ2) is 5.54. The minimum absolute atomic E-state index is 1.24. The lowest BCUT2D eigenvalue weighted by Crippen LogP contribution is -2.05. The van der Waals surface area contributed by atoms with Crippen LogP contribution in [-0.4, -0.2) is 6.21 Å². The van der Waals surface area contributed by atoms with Gasteiger partial charge in [-0.1, -0.05) is 59.7 Å². The van der Waals surface area contributed by atoms with E-state index in [1.54, 1.807) is 0 Å². The molecular weight excluding hydrogens is 314 g/mol. The van der Waals surface area contributed by atoms with Crippen LogP contribution in [0.1, 0.15) is 30.5 Å². The van der Waals surface area contributed by atoms with Crippen molar-refractivity contribution in [3.05, 3.63) is 105 Å². The molecule has 0 N–H and O–H groups in total. The highest BCUT2D eigenvalue weighted by atomic mass is 14.7. The molecule has 125 valence electrons. The number of hydrogen-bond donors (Lipinski definition) is 0. The minimum atomic E-state index is 1.24. The standard InChI is InChI=1S/C25H20N/c1-15-7-9-18(10-8-15)20-5-4-6-21-22(20)12-17(3)24(21)25-16(2)11-19-13-26-14-23(19)25/h4-14H,1-3H3. The Bertz CT molecular complexity index is 1090. The van der Waals surface area contributed by atoms with Crippen molar-refractivity contribution in [3.63, 3.8) is 0 Å². The molecule has 2 aromatic rings. The molecule has 0 saturated heterocycles. The molecule has 0 amide bonds. The summed E-state index contributed by atoms with van der Waals surface area (Å²) in [5.74, 6) is 1.36. The molecule has 0 atom stereocenters. The molecule has 2 aromatic carbocycles. The Kier molecular flexibility index (Phi) is 3.27. The van der Waals surface area contributed by atoms with Gasteiger partial charge in [0.2, 0.25) is 0 Å². The van der Waals surface area contributed by atoms with Crippen LogP contribution in [0.3, 0.4) is 0 Å². The first-order valence-corrected chi connectivity index (χ1v) is 9.06. The van der Waals surface area contributed by atoms with Gasteiger partial charge in [0.1, 0.15) is 0 Å². The van der Waals surface area contributed by atoms with Gasteiger partial charge in [0.05, 0.1) is 5.92 Å². The molecule has 0 saturated carbocycles. The Balaban J connectivity index is 1.65. The fraction of sp³-hybridized carbons (Fsp3) is 0.120. The second-order valence-corrected chi connectivity index (χ2v) is 7.31. The minimum Gasteiger partial charge on any atom is -0.263 e.